The fraction of sp³-hybridized carbons (Fsp3) is 0.231. The van der Waals surface area contributed by atoms with E-state index in [-0.39, 0.29) is 5.82 Å². The van der Waals surface area contributed by atoms with E-state index < -0.39 is 4.92 Å². The van der Waals surface area contributed by atoms with Crippen LogP contribution in [0.1, 0.15) is 11.1 Å². The first kappa shape index (κ1) is 12.3. The van der Waals surface area contributed by atoms with Crippen LogP contribution in [0.25, 0.3) is 22.7 Å². The summed E-state index contributed by atoms with van der Waals surface area (Å²) < 4.78 is 1.41. The predicted octanol–water partition coefficient (Wildman–Crippen LogP) is 2.49. The van der Waals surface area contributed by atoms with E-state index in [1.807, 2.05) is 26.0 Å². The number of aromatic amines is 1. The Balaban J connectivity index is 2.18. The minimum atomic E-state index is -0.465. The molecule has 3 rings (SSSR count). The second-order valence-corrected chi connectivity index (χ2v) is 4.80. The average Bonchev–Trinajstić information content (AvgIpc) is 2.93. The highest BCUT2D eigenvalue weighted by atomic mass is 16.6. The lowest BCUT2D eigenvalue weighted by molar-refractivity contribution is -0.391. The van der Waals surface area contributed by atoms with Crippen LogP contribution < -0.4 is 0 Å². The quantitative estimate of drug-likeness (QED) is 0.572. The summed E-state index contributed by atoms with van der Waals surface area (Å²) in [6.07, 6.45) is 1.24. The SMILES string of the molecule is Cc1cc2nc(-c3ncc([N+](=O)[O-])n3C)[nH]c2cc1C. The molecule has 1 N–H and O–H groups in total. The van der Waals surface area contributed by atoms with Crippen molar-refractivity contribution in [2.75, 3.05) is 0 Å². The van der Waals surface area contributed by atoms with Crippen molar-refractivity contribution in [3.05, 3.63) is 39.6 Å². The zero-order valence-corrected chi connectivity index (χ0v) is 11.3. The van der Waals surface area contributed by atoms with E-state index >= 15 is 0 Å². The second-order valence-electron chi connectivity index (χ2n) is 4.80. The van der Waals surface area contributed by atoms with Crippen LogP contribution in [0, 0.1) is 24.0 Å². The third-order valence-corrected chi connectivity index (χ3v) is 3.46. The van der Waals surface area contributed by atoms with Gasteiger partial charge in [0, 0.05) is 0 Å². The smallest absolute Gasteiger partial charge is 0.343 e. The summed E-state index contributed by atoms with van der Waals surface area (Å²) in [6.45, 7) is 4.05. The molecular weight excluding hydrogens is 258 g/mol. The van der Waals surface area contributed by atoms with Crippen molar-refractivity contribution in [3.63, 3.8) is 0 Å². The molecule has 1 aromatic carbocycles. The number of rotatable bonds is 2. The van der Waals surface area contributed by atoms with Gasteiger partial charge in [0.2, 0.25) is 0 Å². The summed E-state index contributed by atoms with van der Waals surface area (Å²) in [6, 6.07) is 4.00. The Labute approximate surface area is 114 Å². The van der Waals surface area contributed by atoms with Crippen molar-refractivity contribution in [2.45, 2.75) is 13.8 Å². The lowest BCUT2D eigenvalue weighted by Gasteiger charge is -1.97. The van der Waals surface area contributed by atoms with E-state index in [4.69, 9.17) is 0 Å². The van der Waals surface area contributed by atoms with E-state index in [9.17, 15) is 10.1 Å². The van der Waals surface area contributed by atoms with Gasteiger partial charge in [-0.2, -0.15) is 0 Å². The van der Waals surface area contributed by atoms with Gasteiger partial charge in [0.05, 0.1) is 18.1 Å². The molecule has 0 spiro atoms. The van der Waals surface area contributed by atoms with Crippen LogP contribution in [0.2, 0.25) is 0 Å². The molecule has 0 bridgehead atoms. The van der Waals surface area contributed by atoms with Crippen LogP contribution >= 0.6 is 0 Å². The number of nitro groups is 1. The molecule has 0 saturated heterocycles. The molecule has 0 radical (unpaired) electrons. The number of H-pyrrole nitrogens is 1. The van der Waals surface area contributed by atoms with Gasteiger partial charge in [-0.15, -0.1) is 0 Å². The topological polar surface area (TPSA) is 89.6 Å². The van der Waals surface area contributed by atoms with Crippen molar-refractivity contribution in [3.8, 4) is 11.6 Å². The minimum Gasteiger partial charge on any atom is -0.358 e. The van der Waals surface area contributed by atoms with E-state index in [0.29, 0.717) is 11.6 Å². The van der Waals surface area contributed by atoms with E-state index in [2.05, 4.69) is 15.0 Å². The second kappa shape index (κ2) is 4.16. The maximum Gasteiger partial charge on any atom is 0.343 e. The van der Waals surface area contributed by atoms with Gasteiger partial charge in [0.25, 0.3) is 5.82 Å². The lowest BCUT2D eigenvalue weighted by atomic mass is 10.1. The number of fused-ring (bicyclic) bond motifs is 1. The first-order chi connectivity index (χ1) is 9.47. The highest BCUT2D eigenvalue weighted by Gasteiger charge is 2.20. The highest BCUT2D eigenvalue weighted by molar-refractivity contribution is 5.80. The number of nitrogens with zero attached hydrogens (tertiary/aromatic N) is 4. The minimum absolute atomic E-state index is 0.0622. The molecule has 3 aromatic rings. The first-order valence-corrected chi connectivity index (χ1v) is 6.11. The third-order valence-electron chi connectivity index (χ3n) is 3.46. The molecule has 0 amide bonds. The molecule has 0 saturated carbocycles. The van der Waals surface area contributed by atoms with Gasteiger partial charge in [0.1, 0.15) is 6.20 Å². The Hall–Kier alpha value is -2.70. The maximum absolute atomic E-state index is 10.8. The van der Waals surface area contributed by atoms with Crippen LogP contribution in [0.4, 0.5) is 5.82 Å². The van der Waals surface area contributed by atoms with Crippen LogP contribution in [0.15, 0.2) is 18.3 Å². The molecule has 0 fully saturated rings. The largest absolute Gasteiger partial charge is 0.358 e. The number of imidazole rings is 2. The summed E-state index contributed by atoms with van der Waals surface area (Å²) in [5.74, 6) is 0.914. The molecule has 0 aliphatic carbocycles. The Morgan fingerprint density at radius 2 is 2.00 bits per heavy atom. The summed E-state index contributed by atoms with van der Waals surface area (Å²) in [5, 5.41) is 10.8. The number of benzene rings is 1. The number of hydrogen-bond acceptors (Lipinski definition) is 4. The zero-order valence-electron chi connectivity index (χ0n) is 11.3. The normalized spacial score (nSPS) is 11.2. The van der Waals surface area contributed by atoms with E-state index in [0.717, 1.165) is 16.6 Å². The molecule has 0 atom stereocenters. The fourth-order valence-corrected chi connectivity index (χ4v) is 2.17. The summed E-state index contributed by atoms with van der Waals surface area (Å²) in [7, 11) is 1.60. The summed E-state index contributed by atoms with van der Waals surface area (Å²) >= 11 is 0. The number of nitrogens with one attached hydrogen (secondary N) is 1. The molecule has 0 aliphatic rings. The van der Waals surface area contributed by atoms with Crippen molar-refractivity contribution in [1.29, 1.82) is 0 Å². The summed E-state index contributed by atoms with van der Waals surface area (Å²) in [5.41, 5.74) is 4.04. The highest BCUT2D eigenvalue weighted by Crippen LogP contribution is 2.24. The van der Waals surface area contributed by atoms with Gasteiger partial charge in [-0.25, -0.2) is 14.5 Å². The first-order valence-electron chi connectivity index (χ1n) is 6.11. The standard InChI is InChI=1S/C13H13N5O2/c1-7-4-9-10(5-8(7)2)16-12(15-9)13-14-6-11(17(13)3)18(19)20/h4-6H,1-3H3,(H,15,16). The number of hydrogen-bond donors (Lipinski definition) is 1. The van der Waals surface area contributed by atoms with Crippen molar-refractivity contribution in [2.24, 2.45) is 7.05 Å². The van der Waals surface area contributed by atoms with Gasteiger partial charge in [-0.05, 0) is 42.0 Å². The molecule has 0 unspecified atom stereocenters. The van der Waals surface area contributed by atoms with Crippen molar-refractivity contribution in [1.82, 2.24) is 19.5 Å². The molecule has 7 heteroatoms. The zero-order chi connectivity index (χ0) is 14.4. The third kappa shape index (κ3) is 1.75. The molecule has 7 nitrogen and oxygen atoms in total. The van der Waals surface area contributed by atoms with Crippen molar-refractivity contribution >= 4 is 16.9 Å². The van der Waals surface area contributed by atoms with Gasteiger partial charge in [-0.3, -0.25) is 0 Å². The Morgan fingerprint density at radius 1 is 1.30 bits per heavy atom. The van der Waals surface area contributed by atoms with Gasteiger partial charge in [0.15, 0.2) is 5.82 Å². The summed E-state index contributed by atoms with van der Waals surface area (Å²) in [4.78, 5) is 22.1. The molecule has 102 valence electrons. The Kier molecular flexibility index (Phi) is 2.56. The average molecular weight is 271 g/mol. The monoisotopic (exact) mass is 271 g/mol. The predicted molar refractivity (Wildman–Crippen MR) is 74.4 cm³/mol. The van der Waals surface area contributed by atoms with Crippen LogP contribution in [-0.2, 0) is 7.05 Å². The molecule has 20 heavy (non-hydrogen) atoms. The molecule has 0 aliphatic heterocycles. The molecule has 2 heterocycles. The molecular formula is C13H13N5O2. The Bertz CT molecular complexity index is 792. The van der Waals surface area contributed by atoms with E-state index in [1.165, 1.54) is 16.3 Å². The van der Waals surface area contributed by atoms with E-state index in [1.54, 1.807) is 7.05 Å². The van der Waals surface area contributed by atoms with Crippen LogP contribution in [0.5, 0.6) is 0 Å². The number of aromatic nitrogens is 4. The maximum atomic E-state index is 10.8. The van der Waals surface area contributed by atoms with Gasteiger partial charge < -0.3 is 15.1 Å². The lowest BCUT2D eigenvalue weighted by Crippen LogP contribution is -1.99. The Morgan fingerprint density at radius 3 is 2.65 bits per heavy atom. The number of aryl methyl sites for hydroxylation is 2. The van der Waals surface area contributed by atoms with Crippen LogP contribution in [0.3, 0.4) is 0 Å². The van der Waals surface area contributed by atoms with Gasteiger partial charge in [-0.1, -0.05) is 0 Å². The van der Waals surface area contributed by atoms with Crippen molar-refractivity contribution < 1.29 is 4.92 Å². The van der Waals surface area contributed by atoms with Crippen LogP contribution in [-0.4, -0.2) is 24.4 Å². The fourth-order valence-electron chi connectivity index (χ4n) is 2.17. The molecule has 2 aromatic heterocycles. The van der Waals surface area contributed by atoms with Gasteiger partial charge >= 0.3 is 5.82 Å².